The minimum Gasteiger partial charge on any atom is -0.399 e. The number of anilines is 1. The lowest BCUT2D eigenvalue weighted by molar-refractivity contribution is 1.23. The van der Waals surface area contributed by atoms with Gasteiger partial charge in [-0.15, -0.1) is 0 Å². The molecular formula is C14H9Cl2N3. The third kappa shape index (κ3) is 2.35. The fourth-order valence-corrected chi connectivity index (χ4v) is 2.12. The standard InChI is InChI=1S/C14H9Cl2N3/c15-11-3-1-8(6-12(11)16)14-18-7-9-5-10(17)2-4-13(9)19-14/h1-7H,17H2. The van der Waals surface area contributed by atoms with Crippen molar-refractivity contribution in [3.63, 3.8) is 0 Å². The summed E-state index contributed by atoms with van der Waals surface area (Å²) in [5.74, 6) is 0.607. The van der Waals surface area contributed by atoms with Crippen LogP contribution in [-0.2, 0) is 0 Å². The van der Waals surface area contributed by atoms with E-state index in [4.69, 9.17) is 28.9 Å². The van der Waals surface area contributed by atoms with Crippen molar-refractivity contribution in [3.8, 4) is 11.4 Å². The van der Waals surface area contributed by atoms with Crippen molar-refractivity contribution in [1.29, 1.82) is 0 Å². The summed E-state index contributed by atoms with van der Waals surface area (Å²) in [6.45, 7) is 0. The summed E-state index contributed by atoms with van der Waals surface area (Å²) in [4.78, 5) is 8.81. The molecule has 0 fully saturated rings. The van der Waals surface area contributed by atoms with Gasteiger partial charge in [-0.2, -0.15) is 0 Å². The predicted octanol–water partition coefficient (Wildman–Crippen LogP) is 4.19. The topological polar surface area (TPSA) is 51.8 Å². The molecule has 0 aliphatic heterocycles. The van der Waals surface area contributed by atoms with Crippen LogP contribution in [0.25, 0.3) is 22.3 Å². The smallest absolute Gasteiger partial charge is 0.159 e. The molecule has 0 bridgehead atoms. The zero-order valence-electron chi connectivity index (χ0n) is 9.77. The molecule has 0 atom stereocenters. The highest BCUT2D eigenvalue weighted by atomic mass is 35.5. The van der Waals surface area contributed by atoms with Gasteiger partial charge in [-0.25, -0.2) is 9.97 Å². The summed E-state index contributed by atoms with van der Waals surface area (Å²) in [5.41, 5.74) is 8.08. The number of hydrogen-bond donors (Lipinski definition) is 1. The third-order valence-corrected chi connectivity index (χ3v) is 3.52. The molecule has 0 aliphatic carbocycles. The number of benzene rings is 2. The zero-order chi connectivity index (χ0) is 13.4. The van der Waals surface area contributed by atoms with Gasteiger partial charge in [0, 0.05) is 22.8 Å². The fraction of sp³-hybridized carbons (Fsp3) is 0. The van der Waals surface area contributed by atoms with E-state index in [0.29, 0.717) is 21.6 Å². The molecule has 5 heteroatoms. The number of hydrogen-bond acceptors (Lipinski definition) is 3. The molecule has 2 N–H and O–H groups in total. The van der Waals surface area contributed by atoms with Crippen LogP contribution in [0.1, 0.15) is 0 Å². The number of nitrogens with two attached hydrogens (primary N) is 1. The number of nitrogens with zero attached hydrogens (tertiary/aromatic N) is 2. The van der Waals surface area contributed by atoms with Crippen LogP contribution in [0.5, 0.6) is 0 Å². The van der Waals surface area contributed by atoms with Crippen molar-refractivity contribution < 1.29 is 0 Å². The molecule has 0 amide bonds. The van der Waals surface area contributed by atoms with Crippen LogP contribution in [0, 0.1) is 0 Å². The van der Waals surface area contributed by atoms with Crippen LogP contribution in [0.3, 0.4) is 0 Å². The first-order chi connectivity index (χ1) is 9.13. The van der Waals surface area contributed by atoms with Gasteiger partial charge in [-0.05, 0) is 36.4 Å². The van der Waals surface area contributed by atoms with Crippen LogP contribution in [-0.4, -0.2) is 9.97 Å². The Balaban J connectivity index is 2.14. The van der Waals surface area contributed by atoms with E-state index in [1.807, 2.05) is 24.3 Å². The quantitative estimate of drug-likeness (QED) is 0.684. The molecule has 3 aromatic rings. The maximum absolute atomic E-state index is 6.00. The maximum Gasteiger partial charge on any atom is 0.159 e. The van der Waals surface area contributed by atoms with E-state index in [1.165, 1.54) is 0 Å². The van der Waals surface area contributed by atoms with Gasteiger partial charge < -0.3 is 5.73 Å². The molecule has 0 radical (unpaired) electrons. The highest BCUT2D eigenvalue weighted by Gasteiger charge is 2.06. The summed E-state index contributed by atoms with van der Waals surface area (Å²) < 4.78 is 0. The second-order valence-electron chi connectivity index (χ2n) is 4.14. The van der Waals surface area contributed by atoms with Crippen molar-refractivity contribution in [2.45, 2.75) is 0 Å². The first-order valence-electron chi connectivity index (χ1n) is 5.61. The number of halogens is 2. The molecule has 0 spiro atoms. The van der Waals surface area contributed by atoms with Crippen molar-refractivity contribution >= 4 is 39.8 Å². The maximum atomic E-state index is 6.00. The van der Waals surface area contributed by atoms with Crippen LogP contribution in [0.15, 0.2) is 42.6 Å². The van der Waals surface area contributed by atoms with Gasteiger partial charge in [0.15, 0.2) is 5.82 Å². The molecule has 19 heavy (non-hydrogen) atoms. The van der Waals surface area contributed by atoms with Gasteiger partial charge in [0.1, 0.15) is 0 Å². The predicted molar refractivity (Wildman–Crippen MR) is 79.4 cm³/mol. The van der Waals surface area contributed by atoms with Crippen LogP contribution >= 0.6 is 23.2 Å². The number of fused-ring (bicyclic) bond motifs is 1. The molecule has 3 nitrogen and oxygen atoms in total. The lowest BCUT2D eigenvalue weighted by Crippen LogP contribution is -1.91. The van der Waals surface area contributed by atoms with Gasteiger partial charge in [-0.3, -0.25) is 0 Å². The normalized spacial score (nSPS) is 10.8. The molecule has 0 unspecified atom stereocenters. The second-order valence-corrected chi connectivity index (χ2v) is 4.96. The number of nitrogen functional groups attached to an aromatic ring is 1. The average molecular weight is 290 g/mol. The first kappa shape index (κ1) is 12.2. The molecule has 0 saturated carbocycles. The highest BCUT2D eigenvalue weighted by molar-refractivity contribution is 6.42. The summed E-state index contributed by atoms with van der Waals surface area (Å²) in [5, 5.41) is 1.91. The van der Waals surface area contributed by atoms with Crippen LogP contribution in [0.4, 0.5) is 5.69 Å². The Kier molecular flexibility index (Phi) is 3.01. The summed E-state index contributed by atoms with van der Waals surface area (Å²) in [6, 6.07) is 10.8. The van der Waals surface area contributed by atoms with E-state index in [9.17, 15) is 0 Å². The highest BCUT2D eigenvalue weighted by Crippen LogP contribution is 2.27. The van der Waals surface area contributed by atoms with Crippen molar-refractivity contribution in [1.82, 2.24) is 9.97 Å². The van der Waals surface area contributed by atoms with Crippen LogP contribution in [0.2, 0.25) is 10.0 Å². The van der Waals surface area contributed by atoms with Gasteiger partial charge >= 0.3 is 0 Å². The number of rotatable bonds is 1. The zero-order valence-corrected chi connectivity index (χ0v) is 11.3. The van der Waals surface area contributed by atoms with E-state index >= 15 is 0 Å². The second kappa shape index (κ2) is 4.68. The third-order valence-electron chi connectivity index (χ3n) is 2.78. The summed E-state index contributed by atoms with van der Waals surface area (Å²) in [7, 11) is 0. The lowest BCUT2D eigenvalue weighted by atomic mass is 10.2. The van der Waals surface area contributed by atoms with E-state index in [1.54, 1.807) is 18.3 Å². The van der Waals surface area contributed by atoms with Crippen molar-refractivity contribution in [2.24, 2.45) is 0 Å². The Morgan fingerprint density at radius 2 is 1.79 bits per heavy atom. The molecule has 0 aliphatic rings. The molecule has 3 rings (SSSR count). The summed E-state index contributed by atoms with van der Waals surface area (Å²) in [6.07, 6.45) is 1.75. The Morgan fingerprint density at radius 1 is 0.947 bits per heavy atom. The van der Waals surface area contributed by atoms with Crippen molar-refractivity contribution in [2.75, 3.05) is 5.73 Å². The van der Waals surface area contributed by atoms with Gasteiger partial charge in [-0.1, -0.05) is 23.2 Å². The SMILES string of the molecule is Nc1ccc2nc(-c3ccc(Cl)c(Cl)c3)ncc2c1. The van der Waals surface area contributed by atoms with E-state index in [-0.39, 0.29) is 0 Å². The average Bonchev–Trinajstić information content (AvgIpc) is 2.41. The van der Waals surface area contributed by atoms with Gasteiger partial charge in [0.2, 0.25) is 0 Å². The fourth-order valence-electron chi connectivity index (χ4n) is 1.83. The van der Waals surface area contributed by atoms with Crippen molar-refractivity contribution in [3.05, 3.63) is 52.6 Å². The summed E-state index contributed by atoms with van der Waals surface area (Å²) >= 11 is 11.9. The van der Waals surface area contributed by atoms with E-state index in [2.05, 4.69) is 9.97 Å². The molecule has 0 saturated heterocycles. The molecule has 1 aromatic heterocycles. The molecular weight excluding hydrogens is 281 g/mol. The Morgan fingerprint density at radius 3 is 2.58 bits per heavy atom. The largest absolute Gasteiger partial charge is 0.399 e. The Bertz CT molecular complexity index is 772. The number of aromatic nitrogens is 2. The molecule has 2 aromatic carbocycles. The van der Waals surface area contributed by atoms with Crippen LogP contribution < -0.4 is 5.73 Å². The molecule has 94 valence electrons. The molecule has 1 heterocycles. The van der Waals surface area contributed by atoms with Gasteiger partial charge in [0.05, 0.1) is 15.6 Å². The van der Waals surface area contributed by atoms with Gasteiger partial charge in [0.25, 0.3) is 0 Å². The first-order valence-corrected chi connectivity index (χ1v) is 6.37. The minimum atomic E-state index is 0.486. The Labute approximate surface area is 120 Å². The van der Waals surface area contributed by atoms with E-state index < -0.39 is 0 Å². The Hall–Kier alpha value is -1.84. The minimum absolute atomic E-state index is 0.486. The lowest BCUT2D eigenvalue weighted by Gasteiger charge is -2.04. The monoisotopic (exact) mass is 289 g/mol. The van der Waals surface area contributed by atoms with E-state index in [0.717, 1.165) is 16.5 Å².